The summed E-state index contributed by atoms with van der Waals surface area (Å²) in [6.07, 6.45) is 1.87. The highest BCUT2D eigenvalue weighted by Gasteiger charge is 2.51. The van der Waals surface area contributed by atoms with E-state index in [9.17, 15) is 0 Å². The van der Waals surface area contributed by atoms with Crippen molar-refractivity contribution < 1.29 is 13.7 Å². The Bertz CT molecular complexity index is 896. The molecule has 4 rings (SSSR count). The van der Waals surface area contributed by atoms with Crippen molar-refractivity contribution in [3.05, 3.63) is 65.9 Å². The Kier molecular flexibility index (Phi) is 4.21. The minimum Gasteiger partial charge on any atom is -0.461 e. The van der Waals surface area contributed by atoms with Gasteiger partial charge in [0.05, 0.1) is 11.2 Å². The summed E-state index contributed by atoms with van der Waals surface area (Å²) < 4.78 is 18.3. The van der Waals surface area contributed by atoms with Crippen LogP contribution in [0.25, 0.3) is 11.0 Å². The number of furan rings is 1. The summed E-state index contributed by atoms with van der Waals surface area (Å²) in [6.45, 7) is 8.30. The van der Waals surface area contributed by atoms with Crippen LogP contribution in [0.5, 0.6) is 0 Å². The summed E-state index contributed by atoms with van der Waals surface area (Å²) in [5, 5.41) is 1.10. The van der Waals surface area contributed by atoms with E-state index < -0.39 is 0 Å². The van der Waals surface area contributed by atoms with Crippen LogP contribution in [-0.4, -0.2) is 18.3 Å². The monoisotopic (exact) mass is 348 g/mol. The SMILES string of the molecule is CC1(C)OB(c2ccc3oc(CCc4ccccc4)cc3c2)OC1(C)C. The fourth-order valence-electron chi connectivity index (χ4n) is 3.28. The van der Waals surface area contributed by atoms with Crippen molar-refractivity contribution in [2.45, 2.75) is 51.7 Å². The molecule has 1 aromatic heterocycles. The molecular formula is C22H25BO3. The van der Waals surface area contributed by atoms with Gasteiger partial charge in [-0.2, -0.15) is 0 Å². The summed E-state index contributed by atoms with van der Waals surface area (Å²) in [4.78, 5) is 0. The van der Waals surface area contributed by atoms with Crippen LogP contribution >= 0.6 is 0 Å². The lowest BCUT2D eigenvalue weighted by molar-refractivity contribution is 0.00578. The van der Waals surface area contributed by atoms with E-state index in [1.54, 1.807) is 0 Å². The second-order valence-electron chi connectivity index (χ2n) is 8.08. The van der Waals surface area contributed by atoms with E-state index in [0.29, 0.717) is 0 Å². The molecule has 0 N–H and O–H groups in total. The van der Waals surface area contributed by atoms with Crippen LogP contribution in [0.1, 0.15) is 39.0 Å². The van der Waals surface area contributed by atoms with Crippen LogP contribution in [0.15, 0.2) is 59.0 Å². The van der Waals surface area contributed by atoms with Crippen LogP contribution in [0.3, 0.4) is 0 Å². The van der Waals surface area contributed by atoms with E-state index in [1.165, 1.54) is 5.56 Å². The molecule has 0 aliphatic carbocycles. The second kappa shape index (κ2) is 6.29. The Balaban J connectivity index is 1.53. The van der Waals surface area contributed by atoms with Gasteiger partial charge in [0.2, 0.25) is 0 Å². The average Bonchev–Trinajstić information content (AvgIpc) is 3.10. The standard InChI is InChI=1S/C22H25BO3/c1-21(2)22(3,4)26-23(25-21)18-11-13-20-17(14-18)15-19(24-20)12-10-16-8-6-5-7-9-16/h5-9,11,13-15H,10,12H2,1-4H3. The van der Waals surface area contributed by atoms with Gasteiger partial charge < -0.3 is 13.7 Å². The van der Waals surface area contributed by atoms with Gasteiger partial charge in [-0.15, -0.1) is 0 Å². The number of fused-ring (bicyclic) bond motifs is 1. The third-order valence-electron chi connectivity index (χ3n) is 5.62. The maximum atomic E-state index is 6.16. The van der Waals surface area contributed by atoms with Crippen molar-refractivity contribution in [1.29, 1.82) is 0 Å². The first-order chi connectivity index (χ1) is 12.3. The highest BCUT2D eigenvalue weighted by Crippen LogP contribution is 2.36. The van der Waals surface area contributed by atoms with Gasteiger partial charge in [-0.3, -0.25) is 0 Å². The van der Waals surface area contributed by atoms with E-state index in [-0.39, 0.29) is 18.3 Å². The van der Waals surface area contributed by atoms with Crippen molar-refractivity contribution in [3.63, 3.8) is 0 Å². The molecule has 0 unspecified atom stereocenters. The molecule has 3 aromatic rings. The zero-order valence-electron chi connectivity index (χ0n) is 15.9. The van der Waals surface area contributed by atoms with Crippen LogP contribution in [-0.2, 0) is 22.2 Å². The van der Waals surface area contributed by atoms with Crippen molar-refractivity contribution >= 4 is 23.6 Å². The fourth-order valence-corrected chi connectivity index (χ4v) is 3.28. The molecule has 0 saturated carbocycles. The zero-order chi connectivity index (χ0) is 18.4. The molecule has 134 valence electrons. The van der Waals surface area contributed by atoms with Crippen LogP contribution in [0.4, 0.5) is 0 Å². The second-order valence-corrected chi connectivity index (χ2v) is 8.08. The maximum Gasteiger partial charge on any atom is 0.494 e. The zero-order valence-corrected chi connectivity index (χ0v) is 15.9. The van der Waals surface area contributed by atoms with Crippen molar-refractivity contribution in [1.82, 2.24) is 0 Å². The molecule has 2 aromatic carbocycles. The predicted octanol–water partition coefficient (Wildman–Crippen LogP) is 4.52. The number of hydrogen-bond acceptors (Lipinski definition) is 3. The molecule has 1 fully saturated rings. The van der Waals surface area contributed by atoms with Gasteiger partial charge in [0, 0.05) is 11.8 Å². The average molecular weight is 348 g/mol. The van der Waals surface area contributed by atoms with E-state index in [4.69, 9.17) is 13.7 Å². The van der Waals surface area contributed by atoms with Gasteiger partial charge in [-0.05, 0) is 57.3 Å². The summed E-state index contributed by atoms with van der Waals surface area (Å²) >= 11 is 0. The molecule has 1 aliphatic rings. The Morgan fingerprint density at radius 2 is 1.50 bits per heavy atom. The van der Waals surface area contributed by atoms with E-state index in [0.717, 1.165) is 35.0 Å². The van der Waals surface area contributed by atoms with Gasteiger partial charge in [-0.25, -0.2) is 0 Å². The molecule has 0 bridgehead atoms. The van der Waals surface area contributed by atoms with Crippen molar-refractivity contribution in [2.24, 2.45) is 0 Å². The van der Waals surface area contributed by atoms with Crippen molar-refractivity contribution in [3.8, 4) is 0 Å². The van der Waals surface area contributed by atoms with Gasteiger partial charge in [0.15, 0.2) is 0 Å². The highest BCUT2D eigenvalue weighted by atomic mass is 16.7. The number of benzene rings is 2. The van der Waals surface area contributed by atoms with Gasteiger partial charge >= 0.3 is 7.12 Å². The number of aryl methyl sites for hydroxylation is 2. The molecule has 0 amide bonds. The molecule has 0 atom stereocenters. The molecular weight excluding hydrogens is 323 g/mol. The summed E-state index contributed by atoms with van der Waals surface area (Å²) in [5.74, 6) is 1.01. The molecule has 4 heteroatoms. The normalized spacial score (nSPS) is 18.5. The van der Waals surface area contributed by atoms with Crippen LogP contribution in [0.2, 0.25) is 0 Å². The van der Waals surface area contributed by atoms with Gasteiger partial charge in [0.1, 0.15) is 11.3 Å². The Morgan fingerprint density at radius 1 is 0.808 bits per heavy atom. The summed E-state index contributed by atoms with van der Waals surface area (Å²) in [7, 11) is -0.341. The first kappa shape index (κ1) is 17.4. The molecule has 0 spiro atoms. The Hall–Kier alpha value is -2.04. The van der Waals surface area contributed by atoms with Crippen LogP contribution in [0, 0.1) is 0 Å². The molecule has 2 heterocycles. The smallest absolute Gasteiger partial charge is 0.461 e. The minimum absolute atomic E-state index is 0.330. The van der Waals surface area contributed by atoms with Crippen LogP contribution < -0.4 is 5.46 Å². The van der Waals surface area contributed by atoms with Crippen molar-refractivity contribution in [2.75, 3.05) is 0 Å². The maximum absolute atomic E-state index is 6.16. The summed E-state index contributed by atoms with van der Waals surface area (Å²) in [5.41, 5.74) is 2.61. The Morgan fingerprint density at radius 3 is 2.19 bits per heavy atom. The third-order valence-corrected chi connectivity index (χ3v) is 5.62. The Labute approximate surface area is 155 Å². The summed E-state index contributed by atoms with van der Waals surface area (Å²) in [6, 6.07) is 18.8. The third kappa shape index (κ3) is 3.20. The molecule has 1 saturated heterocycles. The first-order valence-corrected chi connectivity index (χ1v) is 9.26. The molecule has 1 aliphatic heterocycles. The number of rotatable bonds is 4. The topological polar surface area (TPSA) is 31.6 Å². The lowest BCUT2D eigenvalue weighted by atomic mass is 9.79. The highest BCUT2D eigenvalue weighted by molar-refractivity contribution is 6.62. The van der Waals surface area contributed by atoms with Gasteiger partial charge in [-0.1, -0.05) is 42.5 Å². The fraction of sp³-hybridized carbons (Fsp3) is 0.364. The molecule has 3 nitrogen and oxygen atoms in total. The van der Waals surface area contributed by atoms with E-state index >= 15 is 0 Å². The lowest BCUT2D eigenvalue weighted by Gasteiger charge is -2.32. The largest absolute Gasteiger partial charge is 0.494 e. The van der Waals surface area contributed by atoms with Gasteiger partial charge in [0.25, 0.3) is 0 Å². The minimum atomic E-state index is -0.341. The molecule has 26 heavy (non-hydrogen) atoms. The molecule has 0 radical (unpaired) electrons. The quantitative estimate of drug-likeness (QED) is 0.650. The van der Waals surface area contributed by atoms with E-state index in [1.807, 2.05) is 18.2 Å². The first-order valence-electron chi connectivity index (χ1n) is 9.26. The lowest BCUT2D eigenvalue weighted by Crippen LogP contribution is -2.41. The van der Waals surface area contributed by atoms with E-state index in [2.05, 4.69) is 64.1 Å². The number of hydrogen-bond donors (Lipinski definition) is 0. The predicted molar refractivity (Wildman–Crippen MR) is 106 cm³/mol.